The van der Waals surface area contributed by atoms with Crippen molar-refractivity contribution in [3.8, 4) is 5.69 Å². The van der Waals surface area contributed by atoms with Crippen molar-refractivity contribution in [1.82, 2.24) is 14.8 Å². The smallest absolute Gasteiger partial charge is 0.337 e. The molecule has 0 aliphatic carbocycles. The van der Waals surface area contributed by atoms with Gasteiger partial charge in [-0.3, -0.25) is 0 Å². The van der Waals surface area contributed by atoms with E-state index in [4.69, 9.17) is 10.8 Å². The van der Waals surface area contributed by atoms with Crippen LogP contribution in [0.3, 0.4) is 0 Å². The van der Waals surface area contributed by atoms with E-state index in [-0.39, 0.29) is 5.56 Å². The lowest BCUT2D eigenvalue weighted by molar-refractivity contribution is 0.0697. The van der Waals surface area contributed by atoms with E-state index >= 15 is 0 Å². The Labute approximate surface area is 97.7 Å². The lowest BCUT2D eigenvalue weighted by atomic mass is 10.1. The van der Waals surface area contributed by atoms with E-state index in [1.165, 1.54) is 10.7 Å². The quantitative estimate of drug-likeness (QED) is 0.758. The van der Waals surface area contributed by atoms with Crippen LogP contribution in [-0.2, 0) is 0 Å². The summed E-state index contributed by atoms with van der Waals surface area (Å²) in [6, 6.07) is 4.67. The Kier molecular flexibility index (Phi) is 2.55. The van der Waals surface area contributed by atoms with Crippen molar-refractivity contribution >= 4 is 11.7 Å². The topological polar surface area (TPSA) is 94.0 Å². The van der Waals surface area contributed by atoms with E-state index in [9.17, 15) is 4.79 Å². The summed E-state index contributed by atoms with van der Waals surface area (Å²) in [6.45, 7) is 3.52. The highest BCUT2D eigenvalue weighted by Gasteiger charge is 2.15. The third kappa shape index (κ3) is 1.96. The summed E-state index contributed by atoms with van der Waals surface area (Å²) in [7, 11) is 0. The van der Waals surface area contributed by atoms with Crippen LogP contribution in [-0.4, -0.2) is 25.8 Å². The van der Waals surface area contributed by atoms with Crippen LogP contribution in [0.25, 0.3) is 5.69 Å². The molecule has 0 spiro atoms. The highest BCUT2D eigenvalue weighted by Crippen LogP contribution is 2.18. The number of hydrogen-bond acceptors (Lipinski definition) is 4. The summed E-state index contributed by atoms with van der Waals surface area (Å²) in [6.07, 6.45) is 0. The number of nitrogens with zero attached hydrogens (tertiary/aromatic N) is 3. The minimum absolute atomic E-state index is 0.109. The van der Waals surface area contributed by atoms with Gasteiger partial charge >= 0.3 is 5.97 Å². The number of carboxylic acids is 1. The van der Waals surface area contributed by atoms with E-state index in [1.807, 2.05) is 0 Å². The lowest BCUT2D eigenvalue weighted by Gasteiger charge is -2.07. The van der Waals surface area contributed by atoms with Gasteiger partial charge in [0.05, 0.1) is 11.3 Å². The number of aryl methyl sites for hydroxylation is 2. The Morgan fingerprint density at radius 1 is 1.41 bits per heavy atom. The van der Waals surface area contributed by atoms with Crippen molar-refractivity contribution in [3.63, 3.8) is 0 Å². The molecule has 6 nitrogen and oxygen atoms in total. The number of aromatic nitrogens is 3. The van der Waals surface area contributed by atoms with E-state index < -0.39 is 5.97 Å². The highest BCUT2D eigenvalue weighted by molar-refractivity contribution is 5.93. The normalized spacial score (nSPS) is 10.5. The zero-order valence-electron chi connectivity index (χ0n) is 9.51. The number of benzene rings is 1. The standard InChI is InChI=1S/C11H12N4O2/c1-6-13-7(2)15(14-6)10-4-3-8(12)5-9(10)11(16)17/h3-5H,12H2,1-2H3,(H,16,17). The van der Waals surface area contributed by atoms with Crippen molar-refractivity contribution in [2.24, 2.45) is 0 Å². The Morgan fingerprint density at radius 2 is 2.12 bits per heavy atom. The largest absolute Gasteiger partial charge is 0.478 e. The first-order valence-electron chi connectivity index (χ1n) is 5.02. The van der Waals surface area contributed by atoms with Crippen LogP contribution in [0.15, 0.2) is 18.2 Å². The van der Waals surface area contributed by atoms with Gasteiger partial charge in [0.1, 0.15) is 11.6 Å². The summed E-state index contributed by atoms with van der Waals surface area (Å²) >= 11 is 0. The average molecular weight is 232 g/mol. The van der Waals surface area contributed by atoms with Gasteiger partial charge in [-0.25, -0.2) is 14.5 Å². The molecule has 2 aromatic rings. The molecule has 0 aliphatic rings. The van der Waals surface area contributed by atoms with Gasteiger partial charge < -0.3 is 10.8 Å². The Morgan fingerprint density at radius 3 is 2.65 bits per heavy atom. The molecule has 0 aliphatic heterocycles. The molecule has 88 valence electrons. The fourth-order valence-corrected chi connectivity index (χ4v) is 1.66. The molecule has 1 aromatic heterocycles. The first kappa shape index (κ1) is 11.1. The first-order chi connectivity index (χ1) is 7.99. The summed E-state index contributed by atoms with van der Waals surface area (Å²) < 4.78 is 1.50. The predicted molar refractivity (Wildman–Crippen MR) is 62.2 cm³/mol. The number of nitrogens with two attached hydrogens (primary N) is 1. The summed E-state index contributed by atoms with van der Waals surface area (Å²) in [5.74, 6) is 0.185. The molecule has 0 amide bonds. The van der Waals surface area contributed by atoms with Gasteiger partial charge in [-0.05, 0) is 32.0 Å². The van der Waals surface area contributed by atoms with Gasteiger partial charge in [0, 0.05) is 5.69 Å². The van der Waals surface area contributed by atoms with Gasteiger partial charge in [-0.2, -0.15) is 5.10 Å². The predicted octanol–water partition coefficient (Wildman–Crippen LogP) is 1.16. The Balaban J connectivity index is 2.67. The monoisotopic (exact) mass is 232 g/mol. The van der Waals surface area contributed by atoms with E-state index in [0.717, 1.165) is 0 Å². The summed E-state index contributed by atoms with van der Waals surface area (Å²) in [5, 5.41) is 13.3. The number of rotatable bonds is 2. The summed E-state index contributed by atoms with van der Waals surface area (Å²) in [4.78, 5) is 15.3. The average Bonchev–Trinajstić information content (AvgIpc) is 2.57. The number of nitrogen functional groups attached to an aromatic ring is 1. The zero-order valence-corrected chi connectivity index (χ0v) is 9.51. The van der Waals surface area contributed by atoms with Crippen molar-refractivity contribution in [1.29, 1.82) is 0 Å². The van der Waals surface area contributed by atoms with Crippen molar-refractivity contribution in [2.75, 3.05) is 5.73 Å². The second kappa shape index (κ2) is 3.89. The molecule has 0 atom stereocenters. The molecule has 1 aromatic carbocycles. The van der Waals surface area contributed by atoms with Crippen molar-refractivity contribution in [2.45, 2.75) is 13.8 Å². The van der Waals surface area contributed by atoms with E-state index in [1.54, 1.807) is 26.0 Å². The van der Waals surface area contributed by atoms with Crippen molar-refractivity contribution in [3.05, 3.63) is 35.4 Å². The number of aromatic carboxylic acids is 1. The molecule has 17 heavy (non-hydrogen) atoms. The molecule has 0 saturated heterocycles. The molecular formula is C11H12N4O2. The van der Waals surface area contributed by atoms with Crippen LogP contribution in [0.1, 0.15) is 22.0 Å². The third-order valence-electron chi connectivity index (χ3n) is 2.35. The van der Waals surface area contributed by atoms with E-state index in [2.05, 4.69) is 10.1 Å². The SMILES string of the molecule is Cc1nc(C)n(-c2ccc(N)cc2C(=O)O)n1. The van der Waals surface area contributed by atoms with Crippen LogP contribution in [0.2, 0.25) is 0 Å². The molecule has 0 unspecified atom stereocenters. The number of hydrogen-bond donors (Lipinski definition) is 2. The molecule has 2 rings (SSSR count). The first-order valence-corrected chi connectivity index (χ1v) is 5.02. The fraction of sp³-hybridized carbons (Fsp3) is 0.182. The van der Waals surface area contributed by atoms with Gasteiger partial charge in [-0.15, -0.1) is 0 Å². The number of carboxylic acid groups (broad SMARTS) is 1. The minimum Gasteiger partial charge on any atom is -0.478 e. The third-order valence-corrected chi connectivity index (χ3v) is 2.35. The van der Waals surface area contributed by atoms with Crippen LogP contribution >= 0.6 is 0 Å². The zero-order chi connectivity index (χ0) is 12.6. The molecule has 3 N–H and O–H groups in total. The second-order valence-corrected chi connectivity index (χ2v) is 3.70. The Bertz CT molecular complexity index is 589. The van der Waals surface area contributed by atoms with Crippen LogP contribution in [0, 0.1) is 13.8 Å². The van der Waals surface area contributed by atoms with E-state index in [0.29, 0.717) is 23.0 Å². The van der Waals surface area contributed by atoms with Crippen LogP contribution in [0.5, 0.6) is 0 Å². The minimum atomic E-state index is -1.04. The van der Waals surface area contributed by atoms with Gasteiger partial charge in [0.25, 0.3) is 0 Å². The lowest BCUT2D eigenvalue weighted by Crippen LogP contribution is -2.08. The molecule has 0 fully saturated rings. The van der Waals surface area contributed by atoms with Gasteiger partial charge in [0.2, 0.25) is 0 Å². The van der Waals surface area contributed by atoms with Crippen molar-refractivity contribution < 1.29 is 9.90 Å². The molecule has 0 bridgehead atoms. The number of anilines is 1. The van der Waals surface area contributed by atoms with Crippen LogP contribution in [0.4, 0.5) is 5.69 Å². The summed E-state index contributed by atoms with van der Waals surface area (Å²) in [5.41, 5.74) is 6.55. The van der Waals surface area contributed by atoms with Gasteiger partial charge in [-0.1, -0.05) is 0 Å². The van der Waals surface area contributed by atoms with Crippen LogP contribution < -0.4 is 5.73 Å². The van der Waals surface area contributed by atoms with Gasteiger partial charge in [0.15, 0.2) is 0 Å². The molecule has 1 heterocycles. The molecule has 0 saturated carbocycles. The maximum absolute atomic E-state index is 11.1. The molecular weight excluding hydrogens is 220 g/mol. The maximum Gasteiger partial charge on any atom is 0.337 e. The molecule has 0 radical (unpaired) electrons. The second-order valence-electron chi connectivity index (χ2n) is 3.70. The fourth-order valence-electron chi connectivity index (χ4n) is 1.66. The maximum atomic E-state index is 11.1. The Hall–Kier alpha value is -2.37. The molecule has 6 heteroatoms. The number of carbonyl (C=O) groups is 1. The highest BCUT2D eigenvalue weighted by atomic mass is 16.4.